The number of nitriles is 2. The Morgan fingerprint density at radius 1 is 0.660 bits per heavy atom. The van der Waals surface area contributed by atoms with E-state index in [0.29, 0.717) is 37.0 Å². The van der Waals surface area contributed by atoms with Gasteiger partial charge >= 0.3 is 0 Å². The van der Waals surface area contributed by atoms with Gasteiger partial charge in [0.05, 0.1) is 17.7 Å². The maximum absolute atomic E-state index is 9.41. The van der Waals surface area contributed by atoms with Gasteiger partial charge in [-0.2, -0.15) is 10.5 Å². The first-order valence-electron chi connectivity index (χ1n) is 17.4. The van der Waals surface area contributed by atoms with Crippen LogP contribution in [-0.2, 0) is 0 Å². The number of aliphatic hydroxyl groups excluding tert-OH is 3. The molecule has 2 aromatic heterocycles. The highest BCUT2D eigenvalue weighted by molar-refractivity contribution is 5.69. The zero-order chi connectivity index (χ0) is 39.3. The predicted octanol–water partition coefficient (Wildman–Crippen LogP) is 8.98. The van der Waals surface area contributed by atoms with E-state index in [9.17, 15) is 10.4 Å². The Bertz CT molecular complexity index is 1770. The molecule has 3 aromatic carbocycles. The van der Waals surface area contributed by atoms with Crippen molar-refractivity contribution in [2.24, 2.45) is 0 Å². The molecule has 280 valence electrons. The molecule has 11 nitrogen and oxygen atoms in total. The highest BCUT2D eigenvalue weighted by Crippen LogP contribution is 2.26. The van der Waals surface area contributed by atoms with Crippen molar-refractivity contribution in [3.8, 4) is 12.1 Å². The van der Waals surface area contributed by atoms with E-state index < -0.39 is 6.10 Å². The number of aliphatic hydroxyl groups is 3. The second-order valence-electron chi connectivity index (χ2n) is 11.4. The van der Waals surface area contributed by atoms with Crippen LogP contribution in [0.1, 0.15) is 57.2 Å². The normalized spacial score (nSPS) is 9.87. The number of para-hydroxylation sites is 3. The maximum atomic E-state index is 9.41. The molecular weight excluding hydrogens is 665 g/mol. The molecule has 0 saturated carbocycles. The Morgan fingerprint density at radius 2 is 1.06 bits per heavy atom. The number of nitrogens with one attached hydrogen (secondary N) is 4. The van der Waals surface area contributed by atoms with Gasteiger partial charge in [0.15, 0.2) is 5.82 Å². The summed E-state index contributed by atoms with van der Waals surface area (Å²) >= 11 is 0. The van der Waals surface area contributed by atoms with Gasteiger partial charge in [-0.15, -0.1) is 0 Å². The average molecular weight is 719 g/mol. The van der Waals surface area contributed by atoms with Crippen LogP contribution in [-0.4, -0.2) is 51.2 Å². The van der Waals surface area contributed by atoms with Crippen molar-refractivity contribution in [3.63, 3.8) is 0 Å². The fraction of sp³-hybridized carbons (Fsp3) is 0.286. The van der Waals surface area contributed by atoms with Crippen molar-refractivity contribution in [1.29, 1.82) is 10.5 Å². The van der Waals surface area contributed by atoms with Crippen LogP contribution in [0, 0.1) is 36.5 Å². The molecule has 7 N–H and O–H groups in total. The van der Waals surface area contributed by atoms with Gasteiger partial charge < -0.3 is 36.6 Å². The van der Waals surface area contributed by atoms with Crippen molar-refractivity contribution in [3.05, 3.63) is 126 Å². The van der Waals surface area contributed by atoms with Gasteiger partial charge in [-0.1, -0.05) is 68.4 Å². The fourth-order valence-corrected chi connectivity index (χ4v) is 4.04. The Labute approximate surface area is 315 Å². The van der Waals surface area contributed by atoms with Crippen molar-refractivity contribution in [2.45, 2.75) is 60.5 Å². The summed E-state index contributed by atoms with van der Waals surface area (Å²) in [5.74, 6) is 2.81. The van der Waals surface area contributed by atoms with Crippen LogP contribution in [0.2, 0.25) is 0 Å². The number of nitrogens with zero attached hydrogens (tertiary/aromatic N) is 4. The van der Waals surface area contributed by atoms with Gasteiger partial charge in [0, 0.05) is 43.7 Å². The summed E-state index contributed by atoms with van der Waals surface area (Å²) in [7, 11) is 0. The van der Waals surface area contributed by atoms with Gasteiger partial charge in [0.2, 0.25) is 0 Å². The lowest BCUT2D eigenvalue weighted by Crippen LogP contribution is -2.16. The van der Waals surface area contributed by atoms with Crippen molar-refractivity contribution in [2.75, 3.05) is 41.0 Å². The largest absolute Gasteiger partial charge is 0.396 e. The van der Waals surface area contributed by atoms with Crippen LogP contribution in [0.15, 0.2) is 109 Å². The van der Waals surface area contributed by atoms with E-state index in [1.807, 2.05) is 137 Å². The molecular formula is C42H54N8O3. The molecule has 1 unspecified atom stereocenters. The van der Waals surface area contributed by atoms with Crippen LogP contribution in [0.25, 0.3) is 0 Å². The lowest BCUT2D eigenvalue weighted by Gasteiger charge is -2.13. The lowest BCUT2D eigenvalue weighted by molar-refractivity contribution is 0.208. The minimum absolute atomic E-state index is 0.319. The van der Waals surface area contributed by atoms with Gasteiger partial charge in [-0.3, -0.25) is 0 Å². The predicted molar refractivity (Wildman–Crippen MR) is 218 cm³/mol. The van der Waals surface area contributed by atoms with E-state index in [1.54, 1.807) is 13.0 Å². The van der Waals surface area contributed by atoms with Crippen LogP contribution in [0.5, 0.6) is 0 Å². The van der Waals surface area contributed by atoms with E-state index >= 15 is 0 Å². The molecule has 0 amide bonds. The first kappa shape index (κ1) is 45.0. The van der Waals surface area contributed by atoms with E-state index in [4.69, 9.17) is 15.5 Å². The standard InChI is InChI=1S/C19H16N4.C15H19N3O.2C3H8O.C2H3N/c1-14-12-18(21-15-8-4-2-5-9-15)23-19(17(14)13-20)22-16-10-6-3-7-11-16;1-11-8-14(16-10-12(2)19)18-15(9-11)17-13-6-4-3-5-7-13;2*1-2-3-4;1-2-3/h2-12H,1H3,(H2,21,22,23);3-9,12,19H,10H2,1-2H3,(H2,16,17,18);2*4H,2-3H2,1H3;1H3. The molecule has 0 aliphatic carbocycles. The smallest absolute Gasteiger partial charge is 0.151 e. The number of pyridine rings is 2. The molecule has 2 heterocycles. The number of aromatic nitrogens is 2. The summed E-state index contributed by atoms with van der Waals surface area (Å²) in [5, 5.41) is 54.6. The summed E-state index contributed by atoms with van der Waals surface area (Å²) in [5.41, 5.74) is 5.39. The van der Waals surface area contributed by atoms with Gasteiger partial charge in [-0.05, 0) is 99.3 Å². The molecule has 5 aromatic rings. The van der Waals surface area contributed by atoms with Gasteiger partial charge in [0.25, 0.3) is 0 Å². The van der Waals surface area contributed by atoms with Crippen molar-refractivity contribution < 1.29 is 15.3 Å². The molecule has 5 rings (SSSR count). The van der Waals surface area contributed by atoms with Crippen LogP contribution in [0.3, 0.4) is 0 Å². The number of hydrogen-bond donors (Lipinski definition) is 7. The van der Waals surface area contributed by atoms with Crippen LogP contribution < -0.4 is 21.3 Å². The summed E-state index contributed by atoms with van der Waals surface area (Å²) in [6.45, 7) is 12.1. The molecule has 53 heavy (non-hydrogen) atoms. The molecule has 0 aliphatic rings. The average Bonchev–Trinajstić information content (AvgIpc) is 3.16. The summed E-state index contributed by atoms with van der Waals surface area (Å²) in [4.78, 5) is 9.02. The molecule has 0 saturated heterocycles. The fourth-order valence-electron chi connectivity index (χ4n) is 4.04. The quantitative estimate of drug-likeness (QED) is 0.0692. The Kier molecular flexibility index (Phi) is 23.5. The molecule has 0 radical (unpaired) electrons. The number of rotatable bonds is 11. The summed E-state index contributed by atoms with van der Waals surface area (Å²) in [6, 6.07) is 39.2. The molecule has 0 bridgehead atoms. The van der Waals surface area contributed by atoms with Crippen molar-refractivity contribution >= 4 is 40.3 Å². The van der Waals surface area contributed by atoms with E-state index in [0.717, 1.165) is 52.7 Å². The number of hydrogen-bond acceptors (Lipinski definition) is 11. The third-order valence-electron chi connectivity index (χ3n) is 6.45. The second-order valence-corrected chi connectivity index (χ2v) is 11.4. The van der Waals surface area contributed by atoms with Crippen LogP contribution in [0.4, 0.5) is 40.3 Å². The Balaban J connectivity index is 0.000000420. The third-order valence-corrected chi connectivity index (χ3v) is 6.45. The minimum Gasteiger partial charge on any atom is -0.396 e. The molecule has 1 atom stereocenters. The molecule has 0 aliphatic heterocycles. The zero-order valence-electron chi connectivity index (χ0n) is 31.6. The van der Waals surface area contributed by atoms with Crippen molar-refractivity contribution in [1.82, 2.24) is 9.97 Å². The maximum Gasteiger partial charge on any atom is 0.151 e. The van der Waals surface area contributed by atoms with Gasteiger partial charge in [-0.25, -0.2) is 9.97 Å². The highest BCUT2D eigenvalue weighted by atomic mass is 16.3. The Morgan fingerprint density at radius 3 is 1.45 bits per heavy atom. The molecule has 11 heteroatoms. The highest BCUT2D eigenvalue weighted by Gasteiger charge is 2.10. The number of aryl methyl sites for hydroxylation is 2. The molecule has 0 spiro atoms. The third kappa shape index (κ3) is 19.9. The zero-order valence-corrected chi connectivity index (χ0v) is 31.6. The number of anilines is 7. The topological polar surface area (TPSA) is 182 Å². The summed E-state index contributed by atoms with van der Waals surface area (Å²) in [6.07, 6.45) is 1.35. The molecule has 0 fully saturated rings. The van der Waals surface area contributed by atoms with E-state index in [1.165, 1.54) is 6.92 Å². The lowest BCUT2D eigenvalue weighted by atomic mass is 10.1. The minimum atomic E-state index is -0.396. The summed E-state index contributed by atoms with van der Waals surface area (Å²) < 4.78 is 0. The monoisotopic (exact) mass is 718 g/mol. The second kappa shape index (κ2) is 27.7. The number of benzene rings is 3. The SMILES string of the molecule is CC#N.CCCO.CCCO.Cc1cc(NCC(C)O)nc(Nc2ccccc2)c1.Cc1cc(Nc2ccccc2)nc(Nc2ccccc2)c1C#N. The Hall–Kier alpha value is -5.98. The first-order valence-corrected chi connectivity index (χ1v) is 17.4. The van der Waals surface area contributed by atoms with Gasteiger partial charge in [0.1, 0.15) is 23.5 Å². The van der Waals surface area contributed by atoms with E-state index in [2.05, 4.69) is 37.3 Å². The van der Waals surface area contributed by atoms with E-state index in [-0.39, 0.29) is 0 Å². The van der Waals surface area contributed by atoms with Crippen LogP contribution >= 0.6 is 0 Å². The first-order chi connectivity index (χ1) is 25.6.